The lowest BCUT2D eigenvalue weighted by molar-refractivity contribution is -0.148. The van der Waals surface area contributed by atoms with E-state index in [0.717, 1.165) is 0 Å². The largest absolute Gasteiger partial charge is 0.480 e. The van der Waals surface area contributed by atoms with E-state index < -0.39 is 35.9 Å². The fraction of sp³-hybridized carbons (Fsp3) is 0.647. The van der Waals surface area contributed by atoms with Crippen LogP contribution in [-0.4, -0.2) is 58.5 Å². The predicted molar refractivity (Wildman–Crippen MR) is 94.7 cm³/mol. The first kappa shape index (κ1) is 21.6. The number of nitrogens with one attached hydrogen (secondary N) is 3. The molecule has 1 aliphatic rings. The molecule has 1 fully saturated rings. The van der Waals surface area contributed by atoms with E-state index in [4.69, 9.17) is 5.11 Å². The van der Waals surface area contributed by atoms with E-state index in [2.05, 4.69) is 22.6 Å². The first-order valence-electron chi connectivity index (χ1n) is 8.68. The molecule has 0 radical (unpaired) electrons. The quantitative estimate of drug-likeness (QED) is 0.439. The lowest BCUT2D eigenvalue weighted by Crippen LogP contribution is -2.60. The molecule has 9 nitrogen and oxygen atoms in total. The summed E-state index contributed by atoms with van der Waals surface area (Å²) in [5.41, 5.74) is 2.66. The summed E-state index contributed by atoms with van der Waals surface area (Å²) in [7, 11) is 0. The Kier molecular flexibility index (Phi) is 8.24. The van der Waals surface area contributed by atoms with Crippen molar-refractivity contribution in [2.75, 3.05) is 6.54 Å². The van der Waals surface area contributed by atoms with Crippen LogP contribution in [0.2, 0.25) is 0 Å². The minimum Gasteiger partial charge on any atom is -0.480 e. The standard InChI is InChI=1S/C17H28N4O5/c1-5-7-13(22)19-14(10(2)3)15(23)18-11(4)16(24)21-9-6-8-12(20-21)17(25)26/h5,10-12,14,20H,1,6-9H2,2-4H3,(H,18,23)(H,19,22)(H,25,26). The van der Waals surface area contributed by atoms with Crippen LogP contribution in [-0.2, 0) is 19.2 Å². The molecule has 9 heteroatoms. The molecule has 1 rings (SSSR count). The number of hydrogen-bond donors (Lipinski definition) is 4. The van der Waals surface area contributed by atoms with Crippen LogP contribution in [0, 0.1) is 5.92 Å². The zero-order valence-electron chi connectivity index (χ0n) is 15.4. The van der Waals surface area contributed by atoms with Crippen molar-refractivity contribution in [3.05, 3.63) is 12.7 Å². The molecule has 0 spiro atoms. The second kappa shape index (κ2) is 9.91. The SMILES string of the molecule is C=CCC(=O)NC(C(=O)NC(C)C(=O)N1CCCC(C(=O)O)N1)C(C)C. The fourth-order valence-electron chi connectivity index (χ4n) is 2.62. The predicted octanol–water partition coefficient (Wildman–Crippen LogP) is -0.212. The van der Waals surface area contributed by atoms with Gasteiger partial charge in [0.05, 0.1) is 0 Å². The van der Waals surface area contributed by atoms with Gasteiger partial charge in [0.15, 0.2) is 0 Å². The summed E-state index contributed by atoms with van der Waals surface area (Å²) in [5.74, 6) is -2.41. The Labute approximate surface area is 153 Å². The lowest BCUT2D eigenvalue weighted by atomic mass is 10.0. The summed E-state index contributed by atoms with van der Waals surface area (Å²) in [6.45, 7) is 8.94. The maximum atomic E-state index is 12.5. The van der Waals surface area contributed by atoms with Gasteiger partial charge < -0.3 is 15.7 Å². The van der Waals surface area contributed by atoms with Crippen LogP contribution in [0.4, 0.5) is 0 Å². The van der Waals surface area contributed by atoms with Crippen molar-refractivity contribution in [3.63, 3.8) is 0 Å². The van der Waals surface area contributed by atoms with E-state index in [1.165, 1.54) is 18.0 Å². The Bertz CT molecular complexity index is 563. The fourth-order valence-corrected chi connectivity index (χ4v) is 2.62. The molecule has 1 heterocycles. The topological polar surface area (TPSA) is 128 Å². The van der Waals surface area contributed by atoms with Crippen molar-refractivity contribution < 1.29 is 24.3 Å². The third kappa shape index (κ3) is 6.14. The van der Waals surface area contributed by atoms with Crippen molar-refractivity contribution in [1.29, 1.82) is 0 Å². The molecule has 4 N–H and O–H groups in total. The molecule has 1 saturated heterocycles. The Balaban J connectivity index is 2.68. The van der Waals surface area contributed by atoms with Gasteiger partial charge in [-0.2, -0.15) is 0 Å². The van der Waals surface area contributed by atoms with Gasteiger partial charge >= 0.3 is 5.97 Å². The molecular formula is C17H28N4O5. The third-order valence-electron chi connectivity index (χ3n) is 4.07. The van der Waals surface area contributed by atoms with E-state index in [1.807, 2.05) is 0 Å². The number of carbonyl (C=O) groups is 4. The van der Waals surface area contributed by atoms with Gasteiger partial charge in [-0.1, -0.05) is 19.9 Å². The molecule has 3 unspecified atom stereocenters. The second-order valence-electron chi connectivity index (χ2n) is 6.66. The van der Waals surface area contributed by atoms with Crippen molar-refractivity contribution in [2.24, 2.45) is 5.92 Å². The van der Waals surface area contributed by atoms with Gasteiger partial charge in [0, 0.05) is 13.0 Å². The van der Waals surface area contributed by atoms with Gasteiger partial charge in [0.1, 0.15) is 18.1 Å². The van der Waals surface area contributed by atoms with E-state index in [-0.39, 0.29) is 18.2 Å². The van der Waals surface area contributed by atoms with Gasteiger partial charge in [0.25, 0.3) is 5.91 Å². The van der Waals surface area contributed by atoms with Crippen LogP contribution < -0.4 is 16.1 Å². The number of carbonyl (C=O) groups excluding carboxylic acids is 3. The average Bonchev–Trinajstić information content (AvgIpc) is 2.58. The molecule has 1 aliphatic heterocycles. The second-order valence-corrected chi connectivity index (χ2v) is 6.66. The minimum atomic E-state index is -1.02. The number of aliphatic carboxylic acids is 1. The van der Waals surface area contributed by atoms with E-state index >= 15 is 0 Å². The van der Waals surface area contributed by atoms with Crippen LogP contribution >= 0.6 is 0 Å². The Morgan fingerprint density at radius 3 is 2.46 bits per heavy atom. The summed E-state index contributed by atoms with van der Waals surface area (Å²) in [6.07, 6.45) is 2.53. The summed E-state index contributed by atoms with van der Waals surface area (Å²) < 4.78 is 0. The number of carboxylic acid groups (broad SMARTS) is 1. The molecular weight excluding hydrogens is 340 g/mol. The summed E-state index contributed by atoms with van der Waals surface area (Å²) in [4.78, 5) is 47.7. The van der Waals surface area contributed by atoms with Gasteiger partial charge in [-0.05, 0) is 25.7 Å². The highest BCUT2D eigenvalue weighted by Gasteiger charge is 2.32. The summed E-state index contributed by atoms with van der Waals surface area (Å²) in [5, 5.41) is 15.5. The highest BCUT2D eigenvalue weighted by atomic mass is 16.4. The van der Waals surface area contributed by atoms with Gasteiger partial charge in [0.2, 0.25) is 11.8 Å². The first-order valence-corrected chi connectivity index (χ1v) is 8.68. The van der Waals surface area contributed by atoms with Gasteiger partial charge in [-0.15, -0.1) is 6.58 Å². The molecule has 0 aromatic heterocycles. The Morgan fingerprint density at radius 1 is 1.27 bits per heavy atom. The van der Waals surface area contributed by atoms with Crippen LogP contribution in [0.3, 0.4) is 0 Å². The summed E-state index contributed by atoms with van der Waals surface area (Å²) >= 11 is 0. The molecule has 3 amide bonds. The van der Waals surface area contributed by atoms with Crippen LogP contribution in [0.25, 0.3) is 0 Å². The molecule has 146 valence electrons. The van der Waals surface area contributed by atoms with E-state index in [0.29, 0.717) is 19.4 Å². The van der Waals surface area contributed by atoms with E-state index in [9.17, 15) is 19.2 Å². The Morgan fingerprint density at radius 2 is 1.92 bits per heavy atom. The van der Waals surface area contributed by atoms with Gasteiger partial charge in [-0.25, -0.2) is 5.43 Å². The van der Waals surface area contributed by atoms with E-state index in [1.54, 1.807) is 13.8 Å². The number of nitrogens with zero attached hydrogens (tertiary/aromatic N) is 1. The molecule has 0 aromatic rings. The Hall–Kier alpha value is -2.42. The molecule has 26 heavy (non-hydrogen) atoms. The zero-order valence-corrected chi connectivity index (χ0v) is 15.4. The molecule has 0 saturated carbocycles. The monoisotopic (exact) mass is 368 g/mol. The normalized spacial score (nSPS) is 19.4. The molecule has 0 aliphatic carbocycles. The third-order valence-corrected chi connectivity index (χ3v) is 4.07. The molecule has 0 aromatic carbocycles. The van der Waals surface area contributed by atoms with Crippen LogP contribution in [0.1, 0.15) is 40.0 Å². The highest BCUT2D eigenvalue weighted by Crippen LogP contribution is 2.09. The van der Waals surface area contributed by atoms with Crippen molar-refractivity contribution in [3.8, 4) is 0 Å². The number of hydrazine groups is 1. The maximum Gasteiger partial charge on any atom is 0.322 e. The zero-order chi connectivity index (χ0) is 19.9. The smallest absolute Gasteiger partial charge is 0.322 e. The molecule has 0 bridgehead atoms. The van der Waals surface area contributed by atoms with Crippen LogP contribution in [0.5, 0.6) is 0 Å². The summed E-state index contributed by atoms with van der Waals surface area (Å²) in [6, 6.07) is -2.46. The first-order chi connectivity index (χ1) is 12.2. The number of amides is 3. The number of carboxylic acids is 1. The minimum absolute atomic E-state index is 0.0965. The van der Waals surface area contributed by atoms with Gasteiger partial charge in [-0.3, -0.25) is 24.2 Å². The average molecular weight is 368 g/mol. The highest BCUT2D eigenvalue weighted by molar-refractivity contribution is 5.92. The van der Waals surface area contributed by atoms with Crippen molar-refractivity contribution in [1.82, 2.24) is 21.1 Å². The molecule has 3 atom stereocenters. The number of hydrogen-bond acceptors (Lipinski definition) is 5. The van der Waals surface area contributed by atoms with Crippen molar-refractivity contribution in [2.45, 2.75) is 58.2 Å². The maximum absolute atomic E-state index is 12.5. The lowest BCUT2D eigenvalue weighted by Gasteiger charge is -2.34. The van der Waals surface area contributed by atoms with Crippen LogP contribution in [0.15, 0.2) is 12.7 Å². The van der Waals surface area contributed by atoms with Crippen molar-refractivity contribution >= 4 is 23.7 Å². The number of rotatable bonds is 8.